The Hall–Kier alpha value is 0.250. The van der Waals surface area contributed by atoms with Crippen molar-refractivity contribution in [1.29, 1.82) is 0 Å². The van der Waals surface area contributed by atoms with E-state index in [4.69, 9.17) is 11.8 Å². The molecule has 0 radical (unpaired) electrons. The van der Waals surface area contributed by atoms with Crippen LogP contribution in [0.3, 0.4) is 0 Å². The summed E-state index contributed by atoms with van der Waals surface area (Å²) in [5.41, 5.74) is 0. The van der Waals surface area contributed by atoms with Crippen molar-refractivity contribution >= 4 is 11.8 Å². The SMILES string of the molecule is CC(C)CC(C)NCl. The van der Waals surface area contributed by atoms with Crippen molar-refractivity contribution in [2.75, 3.05) is 0 Å². The number of rotatable bonds is 3. The number of halogens is 1. The van der Waals surface area contributed by atoms with E-state index in [1.807, 2.05) is 0 Å². The van der Waals surface area contributed by atoms with Gasteiger partial charge in [-0.3, -0.25) is 0 Å². The highest BCUT2D eigenvalue weighted by Crippen LogP contribution is 2.03. The smallest absolute Gasteiger partial charge is 0.0195 e. The van der Waals surface area contributed by atoms with Crippen LogP contribution in [-0.4, -0.2) is 6.04 Å². The summed E-state index contributed by atoms with van der Waals surface area (Å²) < 4.78 is 0. The molecular weight excluding hydrogens is 122 g/mol. The molecule has 1 unspecified atom stereocenters. The lowest BCUT2D eigenvalue weighted by Gasteiger charge is -2.09. The third kappa shape index (κ3) is 4.41. The van der Waals surface area contributed by atoms with Gasteiger partial charge in [0.1, 0.15) is 0 Å². The lowest BCUT2D eigenvalue weighted by atomic mass is 10.1. The van der Waals surface area contributed by atoms with Gasteiger partial charge in [-0.2, -0.15) is 0 Å². The van der Waals surface area contributed by atoms with Crippen molar-refractivity contribution in [2.45, 2.75) is 33.2 Å². The van der Waals surface area contributed by atoms with Crippen LogP contribution in [0.4, 0.5) is 0 Å². The number of hydrogen-bond donors (Lipinski definition) is 1. The van der Waals surface area contributed by atoms with E-state index in [1.165, 1.54) is 0 Å². The monoisotopic (exact) mass is 135 g/mol. The fourth-order valence-electron chi connectivity index (χ4n) is 0.752. The van der Waals surface area contributed by atoms with Gasteiger partial charge >= 0.3 is 0 Å². The van der Waals surface area contributed by atoms with Crippen LogP contribution in [0.2, 0.25) is 0 Å². The molecule has 0 aliphatic carbocycles. The summed E-state index contributed by atoms with van der Waals surface area (Å²) in [7, 11) is 0. The molecule has 0 fully saturated rings. The second kappa shape index (κ2) is 4.16. The zero-order valence-corrected chi connectivity index (χ0v) is 6.50. The van der Waals surface area contributed by atoms with Gasteiger partial charge in [0, 0.05) is 6.04 Å². The van der Waals surface area contributed by atoms with E-state index in [-0.39, 0.29) is 0 Å². The van der Waals surface area contributed by atoms with Crippen molar-refractivity contribution < 1.29 is 0 Å². The molecule has 50 valence electrons. The van der Waals surface area contributed by atoms with Crippen LogP contribution in [0.1, 0.15) is 27.2 Å². The van der Waals surface area contributed by atoms with Crippen LogP contribution in [0, 0.1) is 5.92 Å². The van der Waals surface area contributed by atoms with E-state index in [9.17, 15) is 0 Å². The van der Waals surface area contributed by atoms with E-state index in [0.29, 0.717) is 6.04 Å². The summed E-state index contributed by atoms with van der Waals surface area (Å²) in [6.07, 6.45) is 1.14. The Kier molecular flexibility index (Phi) is 4.29. The van der Waals surface area contributed by atoms with Gasteiger partial charge < -0.3 is 0 Å². The Morgan fingerprint density at radius 1 is 1.38 bits per heavy atom. The molecule has 0 aliphatic heterocycles. The highest BCUT2D eigenvalue weighted by Gasteiger charge is 2.00. The maximum atomic E-state index is 5.35. The Balaban J connectivity index is 3.10. The molecular formula is C6H14ClN. The van der Waals surface area contributed by atoms with E-state index in [2.05, 4.69) is 25.6 Å². The first-order chi connectivity index (χ1) is 3.66. The average molecular weight is 136 g/mol. The van der Waals surface area contributed by atoms with Crippen LogP contribution in [0.5, 0.6) is 0 Å². The Morgan fingerprint density at radius 2 is 1.88 bits per heavy atom. The van der Waals surface area contributed by atoms with Gasteiger partial charge in [-0.25, -0.2) is 4.84 Å². The largest absolute Gasteiger partial charge is 0.231 e. The fourth-order valence-corrected chi connectivity index (χ4v) is 0.841. The molecule has 0 aromatic carbocycles. The molecule has 0 rings (SSSR count). The summed E-state index contributed by atoms with van der Waals surface area (Å²) >= 11 is 5.35. The van der Waals surface area contributed by atoms with Gasteiger partial charge in [0.05, 0.1) is 0 Å². The first-order valence-electron chi connectivity index (χ1n) is 3.03. The first-order valence-corrected chi connectivity index (χ1v) is 3.40. The standard InChI is InChI=1S/C6H14ClN/c1-5(2)4-6(3)8-7/h5-6,8H,4H2,1-3H3. The van der Waals surface area contributed by atoms with Crippen LogP contribution < -0.4 is 4.84 Å². The third-order valence-electron chi connectivity index (χ3n) is 1.01. The van der Waals surface area contributed by atoms with Crippen LogP contribution >= 0.6 is 11.8 Å². The van der Waals surface area contributed by atoms with Gasteiger partial charge in [-0.15, -0.1) is 0 Å². The maximum absolute atomic E-state index is 5.35. The molecule has 0 heterocycles. The van der Waals surface area contributed by atoms with Crippen LogP contribution in [0.25, 0.3) is 0 Å². The molecule has 0 saturated carbocycles. The normalized spacial score (nSPS) is 14.6. The van der Waals surface area contributed by atoms with Crippen molar-refractivity contribution in [3.63, 3.8) is 0 Å². The summed E-state index contributed by atoms with van der Waals surface area (Å²) in [5.74, 6) is 0.733. The lowest BCUT2D eigenvalue weighted by molar-refractivity contribution is 0.499. The minimum atomic E-state index is 0.441. The third-order valence-corrected chi connectivity index (χ3v) is 1.38. The molecule has 0 aliphatic rings. The van der Waals surface area contributed by atoms with E-state index < -0.39 is 0 Å². The highest BCUT2D eigenvalue weighted by molar-refractivity contribution is 6.13. The van der Waals surface area contributed by atoms with E-state index in [0.717, 1.165) is 12.3 Å². The second-order valence-corrected chi connectivity index (χ2v) is 2.86. The van der Waals surface area contributed by atoms with Gasteiger partial charge in [-0.1, -0.05) is 13.8 Å². The van der Waals surface area contributed by atoms with Crippen molar-refractivity contribution in [1.82, 2.24) is 4.84 Å². The maximum Gasteiger partial charge on any atom is 0.0195 e. The molecule has 0 aromatic heterocycles. The molecule has 2 heteroatoms. The molecule has 1 N–H and O–H groups in total. The van der Waals surface area contributed by atoms with Crippen LogP contribution in [0.15, 0.2) is 0 Å². The molecule has 0 bridgehead atoms. The lowest BCUT2D eigenvalue weighted by Crippen LogP contribution is -2.17. The van der Waals surface area contributed by atoms with Crippen molar-refractivity contribution in [3.05, 3.63) is 0 Å². The summed E-state index contributed by atoms with van der Waals surface area (Å²) in [4.78, 5) is 2.67. The van der Waals surface area contributed by atoms with Gasteiger partial charge in [0.2, 0.25) is 0 Å². The summed E-state index contributed by atoms with van der Waals surface area (Å²) in [5, 5.41) is 0. The minimum Gasteiger partial charge on any atom is -0.231 e. The summed E-state index contributed by atoms with van der Waals surface area (Å²) in [6, 6.07) is 0.441. The predicted octanol–water partition coefficient (Wildman–Crippen LogP) is 2.16. The number of hydrogen-bond acceptors (Lipinski definition) is 1. The molecule has 0 amide bonds. The molecule has 1 nitrogen and oxygen atoms in total. The summed E-state index contributed by atoms with van der Waals surface area (Å²) in [6.45, 7) is 6.45. The van der Waals surface area contributed by atoms with Crippen LogP contribution in [-0.2, 0) is 0 Å². The molecule has 0 spiro atoms. The topological polar surface area (TPSA) is 12.0 Å². The Labute approximate surface area is 56.5 Å². The molecule has 0 aromatic rings. The predicted molar refractivity (Wildman–Crippen MR) is 37.9 cm³/mol. The van der Waals surface area contributed by atoms with Crippen molar-refractivity contribution in [3.8, 4) is 0 Å². The zero-order chi connectivity index (χ0) is 6.57. The van der Waals surface area contributed by atoms with Gasteiger partial charge in [0.15, 0.2) is 0 Å². The first kappa shape index (κ1) is 8.25. The van der Waals surface area contributed by atoms with E-state index >= 15 is 0 Å². The molecule has 8 heavy (non-hydrogen) atoms. The Morgan fingerprint density at radius 3 is 2.00 bits per heavy atom. The van der Waals surface area contributed by atoms with Gasteiger partial charge in [-0.05, 0) is 31.0 Å². The Bertz CT molecular complexity index is 54.5. The molecule has 0 saturated heterocycles. The molecule has 1 atom stereocenters. The van der Waals surface area contributed by atoms with Gasteiger partial charge in [0.25, 0.3) is 0 Å². The van der Waals surface area contributed by atoms with E-state index in [1.54, 1.807) is 0 Å². The second-order valence-electron chi connectivity index (χ2n) is 2.64. The minimum absolute atomic E-state index is 0.441. The quantitative estimate of drug-likeness (QED) is 0.585. The average Bonchev–Trinajstić information content (AvgIpc) is 1.65. The highest BCUT2D eigenvalue weighted by atomic mass is 35.5. The van der Waals surface area contributed by atoms with Crippen molar-refractivity contribution in [2.24, 2.45) is 5.92 Å². The zero-order valence-electron chi connectivity index (χ0n) is 5.74. The fraction of sp³-hybridized carbons (Fsp3) is 1.00. The number of nitrogens with one attached hydrogen (secondary N) is 1.